The molecule has 0 heterocycles. The van der Waals surface area contributed by atoms with E-state index in [-0.39, 0.29) is 18.9 Å². The van der Waals surface area contributed by atoms with Crippen molar-refractivity contribution in [2.45, 2.75) is 33.3 Å². The number of carboxylic acid groups (broad SMARTS) is 1. The Bertz CT molecular complexity index is 516. The SMILES string of the molecule is CCC(C)C.N.O=C(O)COC(c1ccccc1)c1ccccc1. The molecule has 0 aliphatic rings. The number of benzene rings is 2. The van der Waals surface area contributed by atoms with Crippen LogP contribution in [0.1, 0.15) is 44.4 Å². The minimum Gasteiger partial charge on any atom is -0.480 e. The zero-order valence-electron chi connectivity index (χ0n) is 14.8. The van der Waals surface area contributed by atoms with Crippen molar-refractivity contribution in [3.05, 3.63) is 71.8 Å². The highest BCUT2D eigenvalue weighted by atomic mass is 16.5. The maximum atomic E-state index is 10.6. The molecule has 0 spiro atoms. The third kappa shape index (κ3) is 8.46. The second kappa shape index (κ2) is 12.3. The summed E-state index contributed by atoms with van der Waals surface area (Å²) in [4.78, 5) is 10.6. The van der Waals surface area contributed by atoms with Crippen molar-refractivity contribution in [3.8, 4) is 0 Å². The fraction of sp³-hybridized carbons (Fsp3) is 0.350. The third-order valence-corrected chi connectivity index (χ3v) is 3.39. The largest absolute Gasteiger partial charge is 0.480 e. The van der Waals surface area contributed by atoms with E-state index in [9.17, 15) is 4.79 Å². The van der Waals surface area contributed by atoms with E-state index < -0.39 is 5.97 Å². The van der Waals surface area contributed by atoms with Gasteiger partial charge in [0.25, 0.3) is 0 Å². The monoisotopic (exact) mass is 331 g/mol. The Morgan fingerprint density at radius 1 is 0.958 bits per heavy atom. The van der Waals surface area contributed by atoms with Gasteiger partial charge in [-0.05, 0) is 17.0 Å². The number of rotatable bonds is 6. The molecule has 0 atom stereocenters. The van der Waals surface area contributed by atoms with E-state index in [2.05, 4.69) is 20.8 Å². The Hall–Kier alpha value is -2.17. The molecule has 0 aliphatic heterocycles. The molecule has 0 aromatic heterocycles. The zero-order chi connectivity index (χ0) is 17.1. The Balaban J connectivity index is 0.000000777. The van der Waals surface area contributed by atoms with E-state index in [4.69, 9.17) is 9.84 Å². The normalized spacial score (nSPS) is 9.88. The maximum absolute atomic E-state index is 10.6. The van der Waals surface area contributed by atoms with Crippen LogP contribution in [0.5, 0.6) is 0 Å². The van der Waals surface area contributed by atoms with Crippen molar-refractivity contribution in [1.29, 1.82) is 0 Å². The molecule has 4 N–H and O–H groups in total. The number of hydrogen-bond donors (Lipinski definition) is 2. The molecule has 0 saturated carbocycles. The fourth-order valence-corrected chi connectivity index (χ4v) is 1.80. The van der Waals surface area contributed by atoms with Crippen LogP contribution in [-0.2, 0) is 9.53 Å². The second-order valence-corrected chi connectivity index (χ2v) is 5.71. The summed E-state index contributed by atoms with van der Waals surface area (Å²) >= 11 is 0. The van der Waals surface area contributed by atoms with E-state index in [1.165, 1.54) is 6.42 Å². The minimum absolute atomic E-state index is 0. The van der Waals surface area contributed by atoms with Crippen LogP contribution in [0.3, 0.4) is 0 Å². The van der Waals surface area contributed by atoms with Crippen LogP contribution in [0.2, 0.25) is 0 Å². The summed E-state index contributed by atoms with van der Waals surface area (Å²) in [5, 5.41) is 8.73. The molecule has 0 bridgehead atoms. The molecule has 0 amide bonds. The van der Waals surface area contributed by atoms with Gasteiger partial charge in [0.05, 0.1) is 0 Å². The first kappa shape index (κ1) is 21.8. The summed E-state index contributed by atoms with van der Waals surface area (Å²) in [7, 11) is 0. The van der Waals surface area contributed by atoms with E-state index in [1.54, 1.807) is 0 Å². The van der Waals surface area contributed by atoms with Crippen molar-refractivity contribution in [2.75, 3.05) is 6.61 Å². The van der Waals surface area contributed by atoms with Crippen LogP contribution < -0.4 is 6.15 Å². The molecule has 2 aromatic carbocycles. The van der Waals surface area contributed by atoms with E-state index >= 15 is 0 Å². The van der Waals surface area contributed by atoms with Crippen molar-refractivity contribution < 1.29 is 14.6 Å². The molecule has 132 valence electrons. The molecular weight excluding hydrogens is 302 g/mol. The van der Waals surface area contributed by atoms with Crippen molar-refractivity contribution in [3.63, 3.8) is 0 Å². The van der Waals surface area contributed by atoms with Gasteiger partial charge >= 0.3 is 5.97 Å². The summed E-state index contributed by atoms with van der Waals surface area (Å²) in [6.45, 7) is 6.33. The molecule has 4 heteroatoms. The Labute approximate surface area is 145 Å². The quantitative estimate of drug-likeness (QED) is 0.772. The predicted molar refractivity (Wildman–Crippen MR) is 98.5 cm³/mol. The molecule has 2 aromatic rings. The average Bonchev–Trinajstić information content (AvgIpc) is 2.57. The highest BCUT2D eigenvalue weighted by Gasteiger charge is 2.15. The maximum Gasteiger partial charge on any atom is 0.329 e. The minimum atomic E-state index is -0.966. The third-order valence-electron chi connectivity index (χ3n) is 3.39. The second-order valence-electron chi connectivity index (χ2n) is 5.71. The van der Waals surface area contributed by atoms with Crippen LogP contribution in [-0.4, -0.2) is 17.7 Å². The van der Waals surface area contributed by atoms with Crippen molar-refractivity contribution in [2.24, 2.45) is 5.92 Å². The van der Waals surface area contributed by atoms with E-state index in [1.807, 2.05) is 60.7 Å². The van der Waals surface area contributed by atoms with Crippen LogP contribution in [0.4, 0.5) is 0 Å². The lowest BCUT2D eigenvalue weighted by Crippen LogP contribution is -2.13. The van der Waals surface area contributed by atoms with Crippen molar-refractivity contribution >= 4 is 5.97 Å². The fourth-order valence-electron chi connectivity index (χ4n) is 1.80. The highest BCUT2D eigenvalue weighted by molar-refractivity contribution is 5.68. The number of aliphatic carboxylic acids is 1. The lowest BCUT2D eigenvalue weighted by atomic mass is 10.0. The molecular formula is C20H29NO3. The van der Waals surface area contributed by atoms with Gasteiger partial charge in [-0.25, -0.2) is 4.79 Å². The molecule has 0 saturated heterocycles. The summed E-state index contributed by atoms with van der Waals surface area (Å²) in [5.41, 5.74) is 1.90. The van der Waals surface area contributed by atoms with Crippen LogP contribution in [0.15, 0.2) is 60.7 Å². The molecule has 4 nitrogen and oxygen atoms in total. The lowest BCUT2D eigenvalue weighted by Gasteiger charge is -2.17. The summed E-state index contributed by atoms with van der Waals surface area (Å²) in [5.74, 6) is -0.0816. The Kier molecular flexibility index (Phi) is 11.2. The standard InChI is InChI=1S/C15H14O3.C5H12.H3N/c16-14(17)11-18-15(12-7-3-1-4-8-12)13-9-5-2-6-10-13;1-4-5(2)3;/h1-10,15H,11H2,(H,16,17);5H,4H2,1-3H3;1H3. The van der Waals surface area contributed by atoms with E-state index in [0.717, 1.165) is 17.0 Å². The molecule has 24 heavy (non-hydrogen) atoms. The number of hydrogen-bond acceptors (Lipinski definition) is 3. The van der Waals surface area contributed by atoms with Gasteiger partial charge in [0, 0.05) is 0 Å². The molecule has 0 unspecified atom stereocenters. The number of carbonyl (C=O) groups is 1. The first-order valence-electron chi connectivity index (χ1n) is 7.97. The Morgan fingerprint density at radius 3 is 1.62 bits per heavy atom. The summed E-state index contributed by atoms with van der Waals surface area (Å²) < 4.78 is 5.48. The lowest BCUT2D eigenvalue weighted by molar-refractivity contribution is -0.143. The van der Waals surface area contributed by atoms with Gasteiger partial charge in [0.2, 0.25) is 0 Å². The first-order chi connectivity index (χ1) is 11.0. The number of carboxylic acids is 1. The van der Waals surface area contributed by atoms with Crippen LogP contribution in [0, 0.1) is 5.92 Å². The summed E-state index contributed by atoms with van der Waals surface area (Å²) in [6, 6.07) is 19.2. The highest BCUT2D eigenvalue weighted by Crippen LogP contribution is 2.25. The summed E-state index contributed by atoms with van der Waals surface area (Å²) in [6.07, 6.45) is 0.962. The smallest absolute Gasteiger partial charge is 0.329 e. The van der Waals surface area contributed by atoms with Gasteiger partial charge < -0.3 is 16.0 Å². The molecule has 0 fully saturated rings. The van der Waals surface area contributed by atoms with Crippen molar-refractivity contribution in [1.82, 2.24) is 6.15 Å². The van der Waals surface area contributed by atoms with E-state index in [0.29, 0.717) is 0 Å². The van der Waals surface area contributed by atoms with Crippen LogP contribution in [0.25, 0.3) is 0 Å². The van der Waals surface area contributed by atoms with Crippen LogP contribution >= 0.6 is 0 Å². The predicted octanol–water partition coefficient (Wildman–Crippen LogP) is 5.09. The topological polar surface area (TPSA) is 81.5 Å². The zero-order valence-corrected chi connectivity index (χ0v) is 14.8. The Morgan fingerprint density at radius 2 is 1.33 bits per heavy atom. The first-order valence-corrected chi connectivity index (χ1v) is 7.97. The molecule has 2 rings (SSSR count). The average molecular weight is 331 g/mol. The van der Waals surface area contributed by atoms with Gasteiger partial charge in [0.1, 0.15) is 12.7 Å². The van der Waals surface area contributed by atoms with Gasteiger partial charge in [-0.3, -0.25) is 0 Å². The van der Waals surface area contributed by atoms with Gasteiger partial charge in [-0.1, -0.05) is 87.9 Å². The van der Waals surface area contributed by atoms with Gasteiger partial charge in [-0.2, -0.15) is 0 Å². The molecule has 0 radical (unpaired) electrons. The van der Waals surface area contributed by atoms with Gasteiger partial charge in [-0.15, -0.1) is 0 Å². The molecule has 0 aliphatic carbocycles. The van der Waals surface area contributed by atoms with Gasteiger partial charge in [0.15, 0.2) is 0 Å². The number of ether oxygens (including phenoxy) is 1.